The maximum absolute atomic E-state index is 13.0. The zero-order valence-corrected chi connectivity index (χ0v) is 16.0. The minimum atomic E-state index is -3.69. The zero-order chi connectivity index (χ0) is 19.4. The Morgan fingerprint density at radius 3 is 2.56 bits per heavy atom. The van der Waals surface area contributed by atoms with Crippen molar-refractivity contribution in [3.8, 4) is 5.75 Å². The lowest BCUT2D eigenvalue weighted by atomic mass is 10.1. The van der Waals surface area contributed by atoms with Crippen molar-refractivity contribution in [1.82, 2.24) is 4.31 Å². The number of anilines is 2. The number of amides is 1. The third kappa shape index (κ3) is 4.06. The summed E-state index contributed by atoms with van der Waals surface area (Å²) in [6.07, 6.45) is 1.68. The first-order valence-corrected chi connectivity index (χ1v) is 10.3. The van der Waals surface area contributed by atoms with E-state index in [1.807, 2.05) is 0 Å². The van der Waals surface area contributed by atoms with Crippen molar-refractivity contribution in [2.75, 3.05) is 30.7 Å². The molecule has 2 aromatic carbocycles. The second-order valence-electron chi connectivity index (χ2n) is 6.25. The first-order valence-electron chi connectivity index (χ1n) is 8.86. The number of hydrogen-bond acceptors (Lipinski definition) is 5. The van der Waals surface area contributed by atoms with Crippen LogP contribution in [-0.2, 0) is 10.0 Å². The average molecular weight is 389 g/mol. The Kier molecular flexibility index (Phi) is 5.67. The van der Waals surface area contributed by atoms with Crippen molar-refractivity contribution < 1.29 is 17.9 Å². The Bertz CT molecular complexity index is 938. The number of rotatable bonds is 6. The highest BCUT2D eigenvalue weighted by molar-refractivity contribution is 7.89. The molecule has 1 saturated heterocycles. The molecular formula is C19H23N3O4S. The molecule has 0 radical (unpaired) electrons. The molecule has 0 saturated carbocycles. The SMILES string of the molecule is CCOc1ccc(NC(=O)c2ccccc2N)cc1S(=O)(=O)N1CCCC1. The van der Waals surface area contributed by atoms with E-state index in [1.54, 1.807) is 43.3 Å². The van der Waals surface area contributed by atoms with Gasteiger partial charge in [0.05, 0.1) is 12.2 Å². The molecule has 0 aliphatic carbocycles. The molecule has 1 amide bonds. The van der Waals surface area contributed by atoms with E-state index in [4.69, 9.17) is 10.5 Å². The van der Waals surface area contributed by atoms with Gasteiger partial charge in [-0.1, -0.05) is 12.1 Å². The van der Waals surface area contributed by atoms with Gasteiger partial charge in [0.15, 0.2) is 0 Å². The molecule has 144 valence electrons. The van der Waals surface area contributed by atoms with Gasteiger partial charge < -0.3 is 15.8 Å². The van der Waals surface area contributed by atoms with Crippen LogP contribution in [0.2, 0.25) is 0 Å². The Morgan fingerprint density at radius 2 is 1.89 bits per heavy atom. The van der Waals surface area contributed by atoms with E-state index < -0.39 is 15.9 Å². The highest BCUT2D eigenvalue weighted by Crippen LogP contribution is 2.32. The van der Waals surface area contributed by atoms with Gasteiger partial charge in [-0.25, -0.2) is 8.42 Å². The van der Waals surface area contributed by atoms with Crippen LogP contribution in [0.4, 0.5) is 11.4 Å². The van der Waals surface area contributed by atoms with Gasteiger partial charge >= 0.3 is 0 Å². The molecular weight excluding hydrogens is 366 g/mol. The molecule has 0 aromatic heterocycles. The molecule has 1 aliphatic rings. The van der Waals surface area contributed by atoms with E-state index in [0.29, 0.717) is 36.6 Å². The second-order valence-corrected chi connectivity index (χ2v) is 8.15. The Balaban J connectivity index is 1.94. The Morgan fingerprint density at radius 1 is 1.19 bits per heavy atom. The van der Waals surface area contributed by atoms with Crippen LogP contribution in [0.5, 0.6) is 5.75 Å². The molecule has 3 N–H and O–H groups in total. The van der Waals surface area contributed by atoms with Crippen molar-refractivity contribution in [3.63, 3.8) is 0 Å². The van der Waals surface area contributed by atoms with Crippen LogP contribution >= 0.6 is 0 Å². The summed E-state index contributed by atoms with van der Waals surface area (Å²) in [7, 11) is -3.69. The Hall–Kier alpha value is -2.58. The number of carbonyl (C=O) groups is 1. The summed E-state index contributed by atoms with van der Waals surface area (Å²) in [6.45, 7) is 3.12. The first-order chi connectivity index (χ1) is 12.9. The van der Waals surface area contributed by atoms with Crippen LogP contribution in [0.1, 0.15) is 30.1 Å². The molecule has 0 bridgehead atoms. The number of sulfonamides is 1. The standard InChI is InChI=1S/C19H23N3O4S/c1-2-26-17-10-9-14(21-19(23)15-7-3-4-8-16(15)20)13-18(17)27(24,25)22-11-5-6-12-22/h3-4,7-10,13H,2,5-6,11-12,20H2,1H3,(H,21,23). The minimum absolute atomic E-state index is 0.0603. The molecule has 1 aliphatic heterocycles. The smallest absolute Gasteiger partial charge is 0.257 e. The van der Waals surface area contributed by atoms with E-state index >= 15 is 0 Å². The summed E-state index contributed by atoms with van der Waals surface area (Å²) in [5.74, 6) is -0.122. The molecule has 7 nitrogen and oxygen atoms in total. The van der Waals surface area contributed by atoms with Gasteiger partial charge in [-0.05, 0) is 50.1 Å². The monoisotopic (exact) mass is 389 g/mol. The number of nitrogens with zero attached hydrogens (tertiary/aromatic N) is 1. The van der Waals surface area contributed by atoms with Crippen LogP contribution in [0.25, 0.3) is 0 Å². The van der Waals surface area contributed by atoms with Crippen molar-refractivity contribution in [3.05, 3.63) is 48.0 Å². The summed E-state index contributed by atoms with van der Waals surface area (Å²) in [5, 5.41) is 2.71. The van der Waals surface area contributed by atoms with Crippen molar-refractivity contribution >= 4 is 27.3 Å². The van der Waals surface area contributed by atoms with Crippen molar-refractivity contribution in [2.24, 2.45) is 0 Å². The summed E-state index contributed by atoms with van der Waals surface area (Å²) in [6, 6.07) is 11.3. The van der Waals surface area contributed by atoms with Crippen LogP contribution in [0.15, 0.2) is 47.4 Å². The average Bonchev–Trinajstić information content (AvgIpc) is 3.19. The van der Waals surface area contributed by atoms with E-state index in [-0.39, 0.29) is 10.6 Å². The van der Waals surface area contributed by atoms with Gasteiger partial charge in [-0.3, -0.25) is 4.79 Å². The van der Waals surface area contributed by atoms with Crippen LogP contribution < -0.4 is 15.8 Å². The van der Waals surface area contributed by atoms with E-state index in [9.17, 15) is 13.2 Å². The molecule has 2 aromatic rings. The number of nitrogen functional groups attached to an aromatic ring is 1. The van der Waals surface area contributed by atoms with Gasteiger partial charge in [0.25, 0.3) is 5.91 Å². The number of ether oxygens (including phenoxy) is 1. The molecule has 27 heavy (non-hydrogen) atoms. The second kappa shape index (κ2) is 7.98. The zero-order valence-electron chi connectivity index (χ0n) is 15.1. The Labute approximate surface area is 159 Å². The lowest BCUT2D eigenvalue weighted by Gasteiger charge is -2.19. The molecule has 0 spiro atoms. The van der Waals surface area contributed by atoms with Gasteiger partial charge in [-0.2, -0.15) is 4.31 Å². The lowest BCUT2D eigenvalue weighted by molar-refractivity contribution is 0.102. The van der Waals surface area contributed by atoms with Gasteiger partial charge in [-0.15, -0.1) is 0 Å². The molecule has 0 unspecified atom stereocenters. The summed E-state index contributed by atoms with van der Waals surface area (Å²) in [5.41, 5.74) is 6.88. The van der Waals surface area contributed by atoms with Crippen LogP contribution in [-0.4, -0.2) is 38.3 Å². The number of benzene rings is 2. The number of nitrogens with two attached hydrogens (primary N) is 1. The van der Waals surface area contributed by atoms with Gasteiger partial charge in [0.1, 0.15) is 10.6 Å². The number of nitrogens with one attached hydrogen (secondary N) is 1. The van der Waals surface area contributed by atoms with Crippen molar-refractivity contribution in [2.45, 2.75) is 24.7 Å². The summed E-state index contributed by atoms with van der Waals surface area (Å²) >= 11 is 0. The highest BCUT2D eigenvalue weighted by atomic mass is 32.2. The molecule has 0 atom stereocenters. The molecule has 8 heteroatoms. The van der Waals surface area contributed by atoms with Gasteiger partial charge in [0.2, 0.25) is 10.0 Å². The largest absolute Gasteiger partial charge is 0.492 e. The van der Waals surface area contributed by atoms with Gasteiger partial charge in [0, 0.05) is 24.5 Å². The van der Waals surface area contributed by atoms with Crippen LogP contribution in [0, 0.1) is 0 Å². The lowest BCUT2D eigenvalue weighted by Crippen LogP contribution is -2.28. The van der Waals surface area contributed by atoms with E-state index in [1.165, 1.54) is 10.4 Å². The summed E-state index contributed by atoms with van der Waals surface area (Å²) < 4.78 is 33.0. The number of para-hydroxylation sites is 1. The normalized spacial score (nSPS) is 14.9. The predicted octanol–water partition coefficient (Wildman–Crippen LogP) is 2.70. The van der Waals surface area contributed by atoms with Crippen LogP contribution in [0.3, 0.4) is 0 Å². The highest BCUT2D eigenvalue weighted by Gasteiger charge is 2.30. The van der Waals surface area contributed by atoms with Crippen molar-refractivity contribution in [1.29, 1.82) is 0 Å². The third-order valence-corrected chi connectivity index (χ3v) is 6.31. The maximum atomic E-state index is 13.0. The fraction of sp³-hybridized carbons (Fsp3) is 0.316. The molecule has 1 fully saturated rings. The van der Waals surface area contributed by atoms with E-state index in [2.05, 4.69) is 5.32 Å². The molecule has 1 heterocycles. The molecule has 3 rings (SSSR count). The number of carbonyl (C=O) groups excluding carboxylic acids is 1. The fourth-order valence-corrected chi connectivity index (χ4v) is 4.71. The summed E-state index contributed by atoms with van der Waals surface area (Å²) in [4.78, 5) is 12.5. The minimum Gasteiger partial charge on any atom is -0.492 e. The first kappa shape index (κ1) is 19.2. The number of hydrogen-bond donors (Lipinski definition) is 2. The third-order valence-electron chi connectivity index (χ3n) is 4.39. The fourth-order valence-electron chi connectivity index (χ4n) is 3.03. The maximum Gasteiger partial charge on any atom is 0.257 e. The topological polar surface area (TPSA) is 102 Å². The quantitative estimate of drug-likeness (QED) is 0.740. The predicted molar refractivity (Wildman–Crippen MR) is 104 cm³/mol. The van der Waals surface area contributed by atoms with E-state index in [0.717, 1.165) is 12.8 Å².